The summed E-state index contributed by atoms with van der Waals surface area (Å²) in [6, 6.07) is 15.5. The number of piperidine rings is 2. The zero-order valence-corrected chi connectivity index (χ0v) is 31.4. The number of anilines is 3. The van der Waals surface area contributed by atoms with Crippen molar-refractivity contribution in [3.05, 3.63) is 65.5 Å². The topological polar surface area (TPSA) is 116 Å². The van der Waals surface area contributed by atoms with Gasteiger partial charge in [0.2, 0.25) is 11.8 Å². The van der Waals surface area contributed by atoms with Crippen LogP contribution in [0.2, 0.25) is 0 Å². The highest BCUT2D eigenvalue weighted by Crippen LogP contribution is 2.52. The fourth-order valence-corrected chi connectivity index (χ4v) is 9.79. The average molecular weight is 727 g/mol. The first-order valence-corrected chi connectivity index (χ1v) is 20.3. The molecule has 1 spiro atoms. The zero-order chi connectivity index (χ0) is 36.7. The smallest absolute Gasteiger partial charge is 0.251 e. The molecule has 0 bridgehead atoms. The maximum absolute atomic E-state index is 14.9. The largest absolute Gasteiger partial charge is 0.355 e. The molecule has 3 aliphatic heterocycles. The molecule has 0 unspecified atom stereocenters. The summed E-state index contributed by atoms with van der Waals surface area (Å²) in [6.07, 6.45) is 13.3. The number of likely N-dealkylation sites (tertiary alicyclic amines) is 2. The third-order valence-corrected chi connectivity index (χ3v) is 13.4. The van der Waals surface area contributed by atoms with Crippen LogP contribution in [0.25, 0.3) is 22.3 Å². The Morgan fingerprint density at radius 3 is 2.37 bits per heavy atom. The van der Waals surface area contributed by atoms with Gasteiger partial charge in [0.15, 0.2) is 5.82 Å². The number of benzene rings is 2. The molecular weight excluding hydrogens is 677 g/mol. The number of hydrogen-bond donors (Lipinski definition) is 2. The first-order chi connectivity index (χ1) is 26.3. The van der Waals surface area contributed by atoms with Crippen LogP contribution in [0.1, 0.15) is 98.2 Å². The minimum Gasteiger partial charge on any atom is -0.355 e. The van der Waals surface area contributed by atoms with Gasteiger partial charge in [-0.15, -0.1) is 0 Å². The van der Waals surface area contributed by atoms with E-state index in [1.54, 1.807) is 7.05 Å². The minimum atomic E-state index is -0.606. The van der Waals surface area contributed by atoms with E-state index in [4.69, 9.17) is 9.97 Å². The van der Waals surface area contributed by atoms with E-state index in [2.05, 4.69) is 49.3 Å². The Morgan fingerprint density at radius 1 is 0.870 bits per heavy atom. The van der Waals surface area contributed by atoms with Gasteiger partial charge in [0.25, 0.3) is 5.91 Å². The van der Waals surface area contributed by atoms with Crippen LogP contribution in [0, 0.1) is 12.8 Å². The van der Waals surface area contributed by atoms with E-state index in [0.717, 1.165) is 96.4 Å². The van der Waals surface area contributed by atoms with Crippen molar-refractivity contribution < 1.29 is 14.4 Å². The number of carbonyl (C=O) groups is 3. The third kappa shape index (κ3) is 5.60. The lowest BCUT2D eigenvalue weighted by molar-refractivity contribution is -0.137. The number of nitrogens with zero attached hydrogens (tertiary/aromatic N) is 6. The molecule has 0 radical (unpaired) electrons. The Kier molecular flexibility index (Phi) is 8.08. The predicted molar refractivity (Wildman–Crippen MR) is 209 cm³/mol. The van der Waals surface area contributed by atoms with Gasteiger partial charge in [-0.3, -0.25) is 14.4 Å². The van der Waals surface area contributed by atoms with Gasteiger partial charge in [-0.2, -0.15) is 0 Å². The molecule has 3 aliphatic carbocycles. The van der Waals surface area contributed by atoms with E-state index >= 15 is 0 Å². The van der Waals surface area contributed by atoms with Crippen LogP contribution >= 0.6 is 0 Å². The minimum absolute atomic E-state index is 0.130. The fourth-order valence-electron chi connectivity index (χ4n) is 9.79. The maximum Gasteiger partial charge on any atom is 0.251 e. The first-order valence-electron chi connectivity index (χ1n) is 20.3. The average Bonchev–Trinajstić information content (AvgIpc) is 4.13. The molecule has 10 rings (SSSR count). The van der Waals surface area contributed by atoms with Crippen LogP contribution in [0.3, 0.4) is 0 Å². The van der Waals surface area contributed by atoms with Crippen molar-refractivity contribution in [2.75, 3.05) is 43.4 Å². The van der Waals surface area contributed by atoms with Crippen molar-refractivity contribution in [1.82, 2.24) is 29.7 Å². The maximum atomic E-state index is 14.9. The van der Waals surface area contributed by atoms with Crippen molar-refractivity contribution in [3.63, 3.8) is 0 Å². The summed E-state index contributed by atoms with van der Waals surface area (Å²) in [5, 5.41) is 6.33. The van der Waals surface area contributed by atoms with Crippen molar-refractivity contribution in [2.24, 2.45) is 5.92 Å². The molecule has 3 saturated carbocycles. The summed E-state index contributed by atoms with van der Waals surface area (Å²) in [7, 11) is 1.65. The number of amides is 3. The number of imidazole rings is 1. The monoisotopic (exact) mass is 726 g/mol. The molecule has 2 N–H and O–H groups in total. The SMILES string of the molecule is CNC(=O)c1cc(Nc2nc(-c3ccc4c(c3)N(C3CC(N5CCCCC5)C3)C(=O)C43CCN(C(=O)C4CC4)CC3)cc3ncn(C4CC4)c23)ccc1C. The molecule has 11 nitrogen and oxygen atoms in total. The summed E-state index contributed by atoms with van der Waals surface area (Å²) in [5.41, 5.74) is 7.34. The van der Waals surface area contributed by atoms with Crippen LogP contribution in [-0.2, 0) is 15.0 Å². The lowest BCUT2D eigenvalue weighted by Crippen LogP contribution is -2.58. The Hall–Kier alpha value is -4.77. The summed E-state index contributed by atoms with van der Waals surface area (Å²) >= 11 is 0. The Labute approximate surface area is 316 Å². The van der Waals surface area contributed by atoms with Crippen LogP contribution in [0.15, 0.2) is 48.8 Å². The van der Waals surface area contributed by atoms with Gasteiger partial charge in [0, 0.05) is 66.7 Å². The third-order valence-electron chi connectivity index (χ3n) is 13.4. The number of hydrogen-bond acceptors (Lipinski definition) is 7. The van der Waals surface area contributed by atoms with Crippen LogP contribution in [-0.4, -0.2) is 87.4 Å². The molecule has 6 aliphatic rings. The number of pyridine rings is 1. The van der Waals surface area contributed by atoms with Crippen molar-refractivity contribution >= 4 is 45.9 Å². The van der Waals surface area contributed by atoms with Gasteiger partial charge in [-0.25, -0.2) is 9.97 Å². The second kappa shape index (κ2) is 12.9. The van der Waals surface area contributed by atoms with Crippen molar-refractivity contribution in [2.45, 2.75) is 101 Å². The van der Waals surface area contributed by atoms with Crippen LogP contribution < -0.4 is 15.5 Å². The number of aryl methyl sites for hydroxylation is 1. The molecular formula is C43H50N8O3. The molecule has 2 saturated heterocycles. The second-order valence-corrected chi connectivity index (χ2v) is 16.8. The lowest BCUT2D eigenvalue weighted by Gasteiger charge is -2.48. The van der Waals surface area contributed by atoms with Crippen molar-refractivity contribution in [1.29, 1.82) is 0 Å². The molecule has 5 heterocycles. The fraction of sp³-hybridized carbons (Fsp3) is 0.512. The first kappa shape index (κ1) is 33.8. The van der Waals surface area contributed by atoms with Gasteiger partial charge < -0.3 is 29.9 Å². The molecule has 4 aromatic rings. The number of aromatic nitrogens is 3. The standard InChI is InChI=1S/C43H50N8O3/c1-26-6-10-29(21-33(26)40(52)44-2)46-39-38-36(45-25-50(38)30-11-12-30)24-35(47-39)28-9-13-34-37(20-28)51(32-22-31(23-32)48-16-4-3-5-17-48)42(54)43(34)14-18-49(19-15-43)41(53)27-7-8-27/h6,9-10,13,20-21,24-25,27,30-32H,3-5,7-8,11-12,14-19,22-23H2,1-2H3,(H,44,52)(H,46,47). The summed E-state index contributed by atoms with van der Waals surface area (Å²) in [5.74, 6) is 1.25. The second-order valence-electron chi connectivity index (χ2n) is 16.8. The van der Waals surface area contributed by atoms with Gasteiger partial charge in [-0.05, 0) is 120 Å². The van der Waals surface area contributed by atoms with E-state index in [1.165, 1.54) is 19.3 Å². The van der Waals surface area contributed by atoms with Gasteiger partial charge in [0.05, 0.1) is 23.0 Å². The van der Waals surface area contributed by atoms with Crippen LogP contribution in [0.5, 0.6) is 0 Å². The molecule has 5 fully saturated rings. The number of fused-ring (bicyclic) bond motifs is 3. The van der Waals surface area contributed by atoms with Gasteiger partial charge in [0.1, 0.15) is 5.52 Å². The summed E-state index contributed by atoms with van der Waals surface area (Å²) in [6.45, 7) is 5.53. The highest BCUT2D eigenvalue weighted by Gasteiger charge is 2.56. The molecule has 54 heavy (non-hydrogen) atoms. The Bertz CT molecular complexity index is 2170. The number of rotatable bonds is 8. The van der Waals surface area contributed by atoms with Crippen molar-refractivity contribution in [3.8, 4) is 11.3 Å². The predicted octanol–water partition coefficient (Wildman–Crippen LogP) is 6.48. The normalized spacial score (nSPS) is 23.8. The molecule has 280 valence electrons. The quantitative estimate of drug-likeness (QED) is 0.214. The summed E-state index contributed by atoms with van der Waals surface area (Å²) < 4.78 is 2.23. The van der Waals surface area contributed by atoms with E-state index in [-0.39, 0.29) is 29.7 Å². The zero-order valence-electron chi connectivity index (χ0n) is 31.4. The lowest BCUT2D eigenvalue weighted by atomic mass is 9.73. The van der Waals surface area contributed by atoms with Gasteiger partial charge in [-0.1, -0.05) is 24.6 Å². The van der Waals surface area contributed by atoms with E-state index in [9.17, 15) is 14.4 Å². The molecule has 2 aromatic carbocycles. The molecule has 2 aromatic heterocycles. The molecule has 3 amide bonds. The van der Waals surface area contributed by atoms with E-state index in [1.807, 2.05) is 36.4 Å². The number of carbonyl (C=O) groups excluding carboxylic acids is 3. The Balaban J connectivity index is 1.02. The van der Waals surface area contributed by atoms with Crippen LogP contribution in [0.4, 0.5) is 17.2 Å². The van der Waals surface area contributed by atoms with Gasteiger partial charge >= 0.3 is 0 Å². The molecule has 0 atom stereocenters. The number of nitrogens with one attached hydrogen (secondary N) is 2. The highest BCUT2D eigenvalue weighted by molar-refractivity contribution is 6.09. The highest BCUT2D eigenvalue weighted by atomic mass is 16.2. The Morgan fingerprint density at radius 2 is 1.65 bits per heavy atom. The van der Waals surface area contributed by atoms with E-state index < -0.39 is 5.41 Å². The molecule has 11 heteroatoms. The van der Waals surface area contributed by atoms with E-state index in [0.29, 0.717) is 49.4 Å². The summed E-state index contributed by atoms with van der Waals surface area (Å²) in [4.78, 5) is 57.6.